The van der Waals surface area contributed by atoms with E-state index in [0.29, 0.717) is 23.5 Å². The summed E-state index contributed by atoms with van der Waals surface area (Å²) >= 11 is 0. The number of pyridine rings is 1. The van der Waals surface area contributed by atoms with Gasteiger partial charge >= 0.3 is 0 Å². The van der Waals surface area contributed by atoms with Crippen LogP contribution >= 0.6 is 0 Å². The van der Waals surface area contributed by atoms with Crippen LogP contribution in [0.25, 0.3) is 5.76 Å². The van der Waals surface area contributed by atoms with Crippen LogP contribution in [-0.4, -0.2) is 53.5 Å². The molecule has 1 unspecified atom stereocenters. The minimum atomic E-state index is -0.759. The number of ketones is 1. The molecule has 1 N–H and O–H groups in total. The number of carbonyl (C=O) groups is 2. The van der Waals surface area contributed by atoms with Crippen LogP contribution in [0.4, 0.5) is 0 Å². The molecule has 0 aliphatic carbocycles. The predicted molar refractivity (Wildman–Crippen MR) is 107 cm³/mol. The first-order chi connectivity index (χ1) is 14.1. The molecule has 0 bridgehead atoms. The molecule has 1 amide bonds. The van der Waals surface area contributed by atoms with Crippen molar-refractivity contribution in [3.8, 4) is 5.75 Å². The highest BCUT2D eigenvalue weighted by Gasteiger charge is 2.45. The summed E-state index contributed by atoms with van der Waals surface area (Å²) in [6, 6.07) is 9.49. The van der Waals surface area contributed by atoms with Crippen LogP contribution in [0.3, 0.4) is 0 Å². The van der Waals surface area contributed by atoms with Crippen molar-refractivity contribution in [1.29, 1.82) is 0 Å². The maximum absolute atomic E-state index is 12.8. The molecule has 150 valence electrons. The highest BCUT2D eigenvalue weighted by molar-refractivity contribution is 6.46. The van der Waals surface area contributed by atoms with Gasteiger partial charge in [0.1, 0.15) is 18.1 Å². The van der Waals surface area contributed by atoms with Crippen molar-refractivity contribution in [2.45, 2.75) is 6.04 Å². The Hall–Kier alpha value is -3.45. The van der Waals surface area contributed by atoms with Crippen molar-refractivity contribution in [3.63, 3.8) is 0 Å². The van der Waals surface area contributed by atoms with Crippen molar-refractivity contribution < 1.29 is 24.2 Å². The summed E-state index contributed by atoms with van der Waals surface area (Å²) in [5.74, 6) is -1.09. The second-order valence-corrected chi connectivity index (χ2v) is 6.39. The third-order valence-corrected chi connectivity index (χ3v) is 4.57. The second kappa shape index (κ2) is 9.16. The second-order valence-electron chi connectivity index (χ2n) is 6.39. The number of aromatic nitrogens is 1. The number of rotatable bonds is 8. The van der Waals surface area contributed by atoms with Gasteiger partial charge in [0.15, 0.2) is 0 Å². The average molecular weight is 394 g/mol. The summed E-state index contributed by atoms with van der Waals surface area (Å²) in [7, 11) is 1.52. The zero-order valence-corrected chi connectivity index (χ0v) is 16.1. The van der Waals surface area contributed by atoms with Crippen LogP contribution in [-0.2, 0) is 14.3 Å². The Kier molecular flexibility index (Phi) is 6.41. The molecule has 1 fully saturated rings. The molecule has 1 aliphatic heterocycles. The molecule has 0 radical (unpaired) electrons. The first-order valence-corrected chi connectivity index (χ1v) is 9.10. The van der Waals surface area contributed by atoms with Crippen LogP contribution in [0.1, 0.15) is 17.2 Å². The number of ether oxygens (including phenoxy) is 2. The van der Waals surface area contributed by atoms with Crippen LogP contribution in [0.2, 0.25) is 0 Å². The Morgan fingerprint density at radius 2 is 2.03 bits per heavy atom. The van der Waals surface area contributed by atoms with E-state index in [2.05, 4.69) is 11.6 Å². The molecule has 3 rings (SSSR count). The van der Waals surface area contributed by atoms with E-state index in [9.17, 15) is 14.7 Å². The Morgan fingerprint density at radius 3 is 2.72 bits per heavy atom. The minimum Gasteiger partial charge on any atom is -0.507 e. The number of hydrogen-bond donors (Lipinski definition) is 1. The number of likely N-dealkylation sites (tertiary alicyclic amines) is 1. The summed E-state index contributed by atoms with van der Waals surface area (Å²) < 4.78 is 10.7. The lowest BCUT2D eigenvalue weighted by molar-refractivity contribution is -0.140. The van der Waals surface area contributed by atoms with Gasteiger partial charge in [-0.3, -0.25) is 14.6 Å². The molecular weight excluding hydrogens is 372 g/mol. The van der Waals surface area contributed by atoms with Gasteiger partial charge in [0, 0.05) is 31.6 Å². The molecule has 2 heterocycles. The molecule has 1 aliphatic rings. The highest BCUT2D eigenvalue weighted by Crippen LogP contribution is 2.39. The van der Waals surface area contributed by atoms with Crippen molar-refractivity contribution in [3.05, 3.63) is 78.1 Å². The quantitative estimate of drug-likeness (QED) is 0.321. The SMILES string of the molecule is C=CCOc1cccc(C2/C(=C(\O)c3ccncc3)C(=O)C(=O)N2CCOC)c1. The number of benzene rings is 1. The highest BCUT2D eigenvalue weighted by atomic mass is 16.5. The summed E-state index contributed by atoms with van der Waals surface area (Å²) in [6.07, 6.45) is 4.64. The van der Waals surface area contributed by atoms with Gasteiger partial charge in [-0.1, -0.05) is 24.8 Å². The van der Waals surface area contributed by atoms with Gasteiger partial charge in [-0.05, 0) is 29.8 Å². The fourth-order valence-corrected chi connectivity index (χ4v) is 3.24. The van der Waals surface area contributed by atoms with Gasteiger partial charge in [-0.15, -0.1) is 0 Å². The van der Waals surface area contributed by atoms with E-state index < -0.39 is 17.7 Å². The Morgan fingerprint density at radius 1 is 1.28 bits per heavy atom. The number of Topliss-reactive ketones (excluding diaryl/α,β-unsaturated/α-hetero) is 1. The van der Waals surface area contributed by atoms with Gasteiger partial charge in [0.25, 0.3) is 11.7 Å². The topological polar surface area (TPSA) is 89.0 Å². The lowest BCUT2D eigenvalue weighted by Gasteiger charge is -2.25. The summed E-state index contributed by atoms with van der Waals surface area (Å²) in [6.45, 7) is 4.41. The van der Waals surface area contributed by atoms with E-state index in [-0.39, 0.29) is 24.5 Å². The third kappa shape index (κ3) is 4.20. The molecule has 1 saturated heterocycles. The summed E-state index contributed by atoms with van der Waals surface area (Å²) in [5, 5.41) is 10.9. The van der Waals surface area contributed by atoms with Gasteiger partial charge in [-0.2, -0.15) is 0 Å². The van der Waals surface area contributed by atoms with Crippen molar-refractivity contribution >= 4 is 17.4 Å². The third-order valence-electron chi connectivity index (χ3n) is 4.57. The largest absolute Gasteiger partial charge is 0.507 e. The van der Waals surface area contributed by atoms with Gasteiger partial charge in [0.05, 0.1) is 18.2 Å². The van der Waals surface area contributed by atoms with E-state index >= 15 is 0 Å². The Balaban J connectivity index is 2.12. The first-order valence-electron chi connectivity index (χ1n) is 9.10. The maximum Gasteiger partial charge on any atom is 0.295 e. The van der Waals surface area contributed by atoms with Crippen molar-refractivity contribution in [1.82, 2.24) is 9.88 Å². The monoisotopic (exact) mass is 394 g/mol. The molecule has 1 aromatic carbocycles. The first kappa shape index (κ1) is 20.3. The van der Waals surface area contributed by atoms with E-state index in [1.54, 1.807) is 42.5 Å². The fraction of sp³-hybridized carbons (Fsp3) is 0.227. The Labute approximate surface area is 168 Å². The predicted octanol–water partition coefficient (Wildman–Crippen LogP) is 2.71. The molecule has 7 heteroatoms. The lowest BCUT2D eigenvalue weighted by Crippen LogP contribution is -2.32. The molecule has 0 saturated carbocycles. The summed E-state index contributed by atoms with van der Waals surface area (Å²) in [4.78, 5) is 30.9. The van der Waals surface area contributed by atoms with E-state index in [4.69, 9.17) is 9.47 Å². The fourth-order valence-electron chi connectivity index (χ4n) is 3.24. The number of aliphatic hydroxyl groups excluding tert-OH is 1. The molecular formula is C22H22N2O5. The molecule has 29 heavy (non-hydrogen) atoms. The van der Waals surface area contributed by atoms with Crippen LogP contribution in [0.5, 0.6) is 5.75 Å². The molecule has 0 spiro atoms. The zero-order valence-electron chi connectivity index (χ0n) is 16.1. The number of amides is 1. The van der Waals surface area contributed by atoms with E-state index in [0.717, 1.165) is 0 Å². The number of hydrogen-bond acceptors (Lipinski definition) is 6. The zero-order chi connectivity index (χ0) is 20.8. The minimum absolute atomic E-state index is 0.0261. The standard InChI is InChI=1S/C22H22N2O5/c1-3-12-29-17-6-4-5-16(14-17)19-18(20(25)15-7-9-23-10-8-15)21(26)22(27)24(19)11-13-28-2/h3-10,14,19,25H,1,11-13H2,2H3/b20-18+. The number of aliphatic hydroxyl groups is 1. The van der Waals surface area contributed by atoms with E-state index in [1.165, 1.54) is 24.4 Å². The molecule has 1 aromatic heterocycles. The van der Waals surface area contributed by atoms with Gasteiger partial charge in [0.2, 0.25) is 0 Å². The molecule has 1 atom stereocenters. The van der Waals surface area contributed by atoms with Gasteiger partial charge < -0.3 is 19.5 Å². The van der Waals surface area contributed by atoms with Gasteiger partial charge in [-0.25, -0.2) is 0 Å². The van der Waals surface area contributed by atoms with Crippen molar-refractivity contribution in [2.75, 3.05) is 26.9 Å². The number of nitrogens with zero attached hydrogens (tertiary/aromatic N) is 2. The number of methoxy groups -OCH3 is 1. The van der Waals surface area contributed by atoms with E-state index in [1.807, 2.05) is 0 Å². The molecule has 7 nitrogen and oxygen atoms in total. The summed E-state index contributed by atoms with van der Waals surface area (Å²) in [5.41, 5.74) is 1.09. The van der Waals surface area contributed by atoms with Crippen molar-refractivity contribution in [2.24, 2.45) is 0 Å². The van der Waals surface area contributed by atoms with Crippen LogP contribution < -0.4 is 4.74 Å². The molecule has 2 aromatic rings. The van der Waals surface area contributed by atoms with Crippen LogP contribution in [0.15, 0.2) is 67.0 Å². The average Bonchev–Trinajstić information content (AvgIpc) is 3.01. The number of carbonyl (C=O) groups excluding carboxylic acids is 2. The maximum atomic E-state index is 12.8. The normalized spacial score (nSPS) is 18.1. The lowest BCUT2D eigenvalue weighted by atomic mass is 9.95. The Bertz CT molecular complexity index is 939. The smallest absolute Gasteiger partial charge is 0.295 e. The van der Waals surface area contributed by atoms with Crippen LogP contribution in [0, 0.1) is 0 Å².